The molecule has 142 valence electrons. The summed E-state index contributed by atoms with van der Waals surface area (Å²) in [6, 6.07) is 3.97. The van der Waals surface area contributed by atoms with Crippen molar-refractivity contribution in [2.45, 2.75) is 12.8 Å². The van der Waals surface area contributed by atoms with E-state index in [0.29, 0.717) is 12.4 Å². The molecular formula is C19H23B4N5O. The van der Waals surface area contributed by atoms with E-state index in [0.717, 1.165) is 46.3 Å². The molecule has 3 aromatic heterocycles. The maximum Gasteiger partial charge on any atom is 0.239 e. The molecule has 6 nitrogen and oxygen atoms in total. The number of carbonyl (C=O) groups is 1. The van der Waals surface area contributed by atoms with Gasteiger partial charge in [0, 0.05) is 28.9 Å². The molecule has 0 saturated carbocycles. The first-order valence-electron chi connectivity index (χ1n) is 10.1. The van der Waals surface area contributed by atoms with Gasteiger partial charge in [-0.3, -0.25) is 19.7 Å². The summed E-state index contributed by atoms with van der Waals surface area (Å²) in [5.41, 5.74) is 6.39. The molecule has 29 heavy (non-hydrogen) atoms. The molecule has 10 heteroatoms. The van der Waals surface area contributed by atoms with Gasteiger partial charge in [-0.2, -0.15) is 0 Å². The molecular weight excluding hydrogens is 357 g/mol. The fraction of sp³-hybridized carbons (Fsp3) is 0.263. The summed E-state index contributed by atoms with van der Waals surface area (Å²) < 4.78 is 0. The Morgan fingerprint density at radius 3 is 2.45 bits per heavy atom. The SMILES string of the molecule is Bc1nc(B)c(-c2cc3cc(NC(=O)CN4CCCC4)ncc3cn2)c(B)c1B. The molecule has 0 spiro atoms. The zero-order valence-corrected chi connectivity index (χ0v) is 17.5. The minimum absolute atomic E-state index is 0.0157. The molecule has 1 aliphatic rings. The Morgan fingerprint density at radius 2 is 1.69 bits per heavy atom. The number of carbonyl (C=O) groups excluding carboxylic acids is 1. The lowest BCUT2D eigenvalue weighted by Crippen LogP contribution is -2.47. The van der Waals surface area contributed by atoms with Gasteiger partial charge >= 0.3 is 0 Å². The molecule has 0 aromatic carbocycles. The highest BCUT2D eigenvalue weighted by Crippen LogP contribution is 2.21. The molecule has 1 fully saturated rings. The van der Waals surface area contributed by atoms with Crippen LogP contribution in [0.3, 0.4) is 0 Å². The second-order valence-corrected chi connectivity index (χ2v) is 7.93. The van der Waals surface area contributed by atoms with E-state index >= 15 is 0 Å². The number of hydrogen-bond acceptors (Lipinski definition) is 5. The first-order chi connectivity index (χ1) is 13.9. The van der Waals surface area contributed by atoms with Crippen LogP contribution in [0.5, 0.6) is 0 Å². The van der Waals surface area contributed by atoms with Crippen LogP contribution in [0, 0.1) is 0 Å². The van der Waals surface area contributed by atoms with Crippen molar-refractivity contribution in [3.63, 3.8) is 0 Å². The van der Waals surface area contributed by atoms with Crippen LogP contribution in [-0.4, -0.2) is 76.8 Å². The molecule has 0 aliphatic carbocycles. The van der Waals surface area contributed by atoms with Crippen molar-refractivity contribution in [2.24, 2.45) is 0 Å². The standard InChI is InChI=1S/C19H23B4N5O/c20-16-15(18(22)27-19(23)17(16)21)12-5-10-6-13(25-8-11(10)7-24-12)26-14(29)9-28-3-1-2-4-28/h5-8H,1-4,9,20-23H2,(H,25,26,29). The van der Waals surface area contributed by atoms with Gasteiger partial charge < -0.3 is 5.32 Å². The zero-order chi connectivity index (χ0) is 20.5. The number of pyridine rings is 3. The molecule has 1 saturated heterocycles. The highest BCUT2D eigenvalue weighted by molar-refractivity contribution is 6.59. The number of fused-ring (bicyclic) bond motifs is 1. The second kappa shape index (κ2) is 8.03. The first-order valence-corrected chi connectivity index (χ1v) is 10.1. The van der Waals surface area contributed by atoms with Gasteiger partial charge in [-0.25, -0.2) is 4.98 Å². The molecule has 0 unspecified atom stereocenters. The number of amides is 1. The third-order valence-corrected chi connectivity index (χ3v) is 5.87. The van der Waals surface area contributed by atoms with Crippen molar-refractivity contribution in [3.05, 3.63) is 24.5 Å². The lowest BCUT2D eigenvalue weighted by molar-refractivity contribution is -0.117. The van der Waals surface area contributed by atoms with Crippen molar-refractivity contribution < 1.29 is 4.79 Å². The van der Waals surface area contributed by atoms with E-state index in [1.165, 1.54) is 23.8 Å². The minimum Gasteiger partial charge on any atom is -0.310 e. The Morgan fingerprint density at radius 1 is 0.966 bits per heavy atom. The Labute approximate surface area is 174 Å². The lowest BCUT2D eigenvalue weighted by Gasteiger charge is -2.15. The third-order valence-electron chi connectivity index (χ3n) is 5.87. The molecule has 1 amide bonds. The number of nitrogens with one attached hydrogen (secondary N) is 1. The van der Waals surface area contributed by atoms with Crippen LogP contribution in [0.1, 0.15) is 12.8 Å². The second-order valence-electron chi connectivity index (χ2n) is 7.93. The monoisotopic (exact) mass is 381 g/mol. The molecule has 3 aromatic rings. The van der Waals surface area contributed by atoms with Gasteiger partial charge in [-0.1, -0.05) is 10.9 Å². The summed E-state index contributed by atoms with van der Waals surface area (Å²) in [6.07, 6.45) is 5.93. The van der Waals surface area contributed by atoms with Crippen molar-refractivity contribution in [1.29, 1.82) is 0 Å². The molecule has 0 atom stereocenters. The van der Waals surface area contributed by atoms with Crippen LogP contribution < -0.4 is 27.4 Å². The molecule has 4 heterocycles. The van der Waals surface area contributed by atoms with E-state index in [-0.39, 0.29) is 5.91 Å². The summed E-state index contributed by atoms with van der Waals surface area (Å²) in [5.74, 6) is 0.559. The predicted octanol–water partition coefficient (Wildman–Crippen LogP) is -4.24. The fourth-order valence-electron chi connectivity index (χ4n) is 4.07. The Kier molecular flexibility index (Phi) is 5.46. The van der Waals surface area contributed by atoms with Gasteiger partial charge in [-0.15, -0.1) is 0 Å². The Bertz CT molecular complexity index is 1100. The molecule has 0 radical (unpaired) electrons. The van der Waals surface area contributed by atoms with Crippen LogP contribution in [0.2, 0.25) is 0 Å². The molecule has 4 rings (SSSR count). The normalized spacial score (nSPS) is 14.3. The van der Waals surface area contributed by atoms with Gasteiger partial charge in [0.15, 0.2) is 15.7 Å². The maximum atomic E-state index is 12.3. The smallest absolute Gasteiger partial charge is 0.239 e. The van der Waals surface area contributed by atoms with E-state index in [4.69, 9.17) is 0 Å². The summed E-state index contributed by atoms with van der Waals surface area (Å²) in [5, 5.41) is 4.88. The molecule has 1 N–H and O–H groups in total. The van der Waals surface area contributed by atoms with Crippen LogP contribution in [0.15, 0.2) is 24.5 Å². The van der Waals surface area contributed by atoms with Crippen LogP contribution in [0.25, 0.3) is 22.0 Å². The van der Waals surface area contributed by atoms with Gasteiger partial charge in [-0.05, 0) is 49.0 Å². The zero-order valence-electron chi connectivity index (χ0n) is 17.5. The Hall–Kier alpha value is -2.60. The van der Waals surface area contributed by atoms with Crippen LogP contribution in [0.4, 0.5) is 5.82 Å². The van der Waals surface area contributed by atoms with Gasteiger partial charge in [0.25, 0.3) is 0 Å². The number of anilines is 1. The number of rotatable bonds is 4. The Balaban J connectivity index is 1.64. The van der Waals surface area contributed by atoms with Crippen molar-refractivity contribution in [2.75, 3.05) is 25.0 Å². The predicted molar refractivity (Wildman–Crippen MR) is 130 cm³/mol. The van der Waals surface area contributed by atoms with E-state index in [1.807, 2.05) is 28.0 Å². The van der Waals surface area contributed by atoms with Crippen molar-refractivity contribution in [3.8, 4) is 11.3 Å². The van der Waals surface area contributed by atoms with Gasteiger partial charge in [0.05, 0.1) is 12.2 Å². The van der Waals surface area contributed by atoms with Gasteiger partial charge in [0.2, 0.25) is 5.91 Å². The topological polar surface area (TPSA) is 71.0 Å². The highest BCUT2D eigenvalue weighted by Gasteiger charge is 2.16. The quantitative estimate of drug-likeness (QED) is 0.465. The van der Waals surface area contributed by atoms with Crippen LogP contribution >= 0.6 is 0 Å². The summed E-state index contributed by atoms with van der Waals surface area (Å²) in [7, 11) is 8.28. The van der Waals surface area contributed by atoms with E-state index in [2.05, 4.69) is 46.9 Å². The van der Waals surface area contributed by atoms with Crippen LogP contribution in [-0.2, 0) is 4.79 Å². The molecule has 0 bridgehead atoms. The lowest BCUT2D eigenvalue weighted by atomic mass is 9.70. The number of aromatic nitrogens is 3. The van der Waals surface area contributed by atoms with E-state index in [9.17, 15) is 4.79 Å². The van der Waals surface area contributed by atoms with E-state index < -0.39 is 0 Å². The fourth-order valence-corrected chi connectivity index (χ4v) is 4.07. The summed E-state index contributed by atoms with van der Waals surface area (Å²) >= 11 is 0. The number of likely N-dealkylation sites (tertiary alicyclic amines) is 1. The van der Waals surface area contributed by atoms with Gasteiger partial charge in [0.1, 0.15) is 21.5 Å². The number of nitrogens with zero attached hydrogens (tertiary/aromatic N) is 4. The maximum absolute atomic E-state index is 12.3. The largest absolute Gasteiger partial charge is 0.310 e. The number of hydrogen-bond donors (Lipinski definition) is 1. The van der Waals surface area contributed by atoms with Crippen molar-refractivity contribution >= 4 is 76.0 Å². The third kappa shape index (κ3) is 4.08. The van der Waals surface area contributed by atoms with Crippen molar-refractivity contribution in [1.82, 2.24) is 19.9 Å². The average molecular weight is 381 g/mol. The van der Waals surface area contributed by atoms with E-state index in [1.54, 1.807) is 6.20 Å². The minimum atomic E-state index is -0.0157. The summed E-state index contributed by atoms with van der Waals surface area (Å²) in [4.78, 5) is 28.2. The summed E-state index contributed by atoms with van der Waals surface area (Å²) in [6.45, 7) is 2.42. The molecule has 1 aliphatic heterocycles. The highest BCUT2D eigenvalue weighted by atomic mass is 16.2. The first kappa shape index (κ1) is 19.7. The average Bonchev–Trinajstić information content (AvgIpc) is 3.19.